The van der Waals surface area contributed by atoms with Crippen LogP contribution < -0.4 is 5.56 Å². The maximum Gasteiger partial charge on any atom is 0.252 e. The lowest BCUT2D eigenvalue weighted by molar-refractivity contribution is 0.247. The Bertz CT molecular complexity index is 1500. The molecule has 33 heavy (non-hydrogen) atoms. The predicted octanol–water partition coefficient (Wildman–Crippen LogP) is 4.67. The van der Waals surface area contributed by atoms with Gasteiger partial charge in [0.05, 0.1) is 11.7 Å². The second kappa shape index (κ2) is 8.62. The molecule has 2 aromatic heterocycles. The summed E-state index contributed by atoms with van der Waals surface area (Å²) in [5.41, 5.74) is 3.62. The first-order valence-electron chi connectivity index (χ1n) is 11.2. The van der Waals surface area contributed by atoms with Crippen molar-refractivity contribution in [2.45, 2.75) is 63.4 Å². The molecule has 0 bridgehead atoms. The molecule has 0 amide bonds. The zero-order valence-electron chi connectivity index (χ0n) is 18.7. The van der Waals surface area contributed by atoms with Crippen molar-refractivity contribution in [2.75, 3.05) is 0 Å². The average molecular weight is 483 g/mol. The number of aromatic amines is 1. The van der Waals surface area contributed by atoms with Crippen molar-refractivity contribution in [2.24, 2.45) is 0 Å². The summed E-state index contributed by atoms with van der Waals surface area (Å²) in [5, 5.41) is 0.887. The average Bonchev–Trinajstić information content (AvgIpc) is 3.26. The fourth-order valence-corrected chi connectivity index (χ4v) is 7.41. The third-order valence-corrected chi connectivity index (χ3v) is 9.15. The predicted molar refractivity (Wildman–Crippen MR) is 131 cm³/mol. The van der Waals surface area contributed by atoms with E-state index in [2.05, 4.69) is 13.7 Å². The molecule has 2 aromatic carbocycles. The number of aromatic nitrogens is 3. The van der Waals surface area contributed by atoms with Gasteiger partial charge in [0.1, 0.15) is 15.9 Å². The lowest BCUT2D eigenvalue weighted by Crippen LogP contribution is -2.42. The van der Waals surface area contributed by atoms with E-state index in [1.807, 2.05) is 31.2 Å². The van der Waals surface area contributed by atoms with E-state index >= 15 is 0 Å². The molecule has 1 fully saturated rings. The monoisotopic (exact) mass is 482 g/mol. The molecule has 1 N–H and O–H groups in total. The van der Waals surface area contributed by atoms with E-state index in [1.54, 1.807) is 19.1 Å². The molecule has 1 saturated carbocycles. The molecule has 0 unspecified atom stereocenters. The van der Waals surface area contributed by atoms with Gasteiger partial charge in [-0.3, -0.25) is 4.79 Å². The zero-order chi connectivity index (χ0) is 23.2. The highest BCUT2D eigenvalue weighted by Gasteiger charge is 2.35. The number of fused-ring (bicyclic) bond motifs is 2. The van der Waals surface area contributed by atoms with Gasteiger partial charge in [0, 0.05) is 23.7 Å². The van der Waals surface area contributed by atoms with Gasteiger partial charge >= 0.3 is 0 Å². The van der Waals surface area contributed by atoms with Gasteiger partial charge in [-0.05, 0) is 61.4 Å². The molecule has 0 aliphatic heterocycles. The Morgan fingerprint density at radius 3 is 2.64 bits per heavy atom. The van der Waals surface area contributed by atoms with Gasteiger partial charge in [0.25, 0.3) is 5.56 Å². The Morgan fingerprint density at radius 2 is 1.85 bits per heavy atom. The first-order chi connectivity index (χ1) is 15.8. The highest BCUT2D eigenvalue weighted by molar-refractivity contribution is 7.89. The van der Waals surface area contributed by atoms with Crippen LogP contribution in [0.25, 0.3) is 21.9 Å². The Hall–Kier alpha value is -2.62. The van der Waals surface area contributed by atoms with E-state index in [0.29, 0.717) is 22.2 Å². The molecular formula is C24H26N4O3S2. The number of aryl methyl sites for hydroxylation is 2. The largest absolute Gasteiger partial charge is 0.322 e. The smallest absolute Gasteiger partial charge is 0.252 e. The van der Waals surface area contributed by atoms with Gasteiger partial charge in [0.15, 0.2) is 0 Å². The maximum atomic E-state index is 14.1. The molecular weight excluding hydrogens is 456 g/mol. The van der Waals surface area contributed by atoms with Gasteiger partial charge in [-0.1, -0.05) is 37.5 Å². The van der Waals surface area contributed by atoms with Gasteiger partial charge in [0.2, 0.25) is 10.0 Å². The summed E-state index contributed by atoms with van der Waals surface area (Å²) in [4.78, 5) is 16.1. The highest BCUT2D eigenvalue weighted by Crippen LogP contribution is 2.33. The van der Waals surface area contributed by atoms with Crippen LogP contribution in [0.2, 0.25) is 0 Å². The fourth-order valence-electron chi connectivity index (χ4n) is 4.80. The van der Waals surface area contributed by atoms with E-state index in [-0.39, 0.29) is 23.0 Å². The summed E-state index contributed by atoms with van der Waals surface area (Å²) in [7, 11) is -3.92. The van der Waals surface area contributed by atoms with Gasteiger partial charge in [-0.25, -0.2) is 8.42 Å². The molecule has 4 aromatic rings. The van der Waals surface area contributed by atoms with Gasteiger partial charge in [-0.2, -0.15) is 13.1 Å². The molecule has 1 aliphatic rings. The number of hydrogen-bond donors (Lipinski definition) is 1. The summed E-state index contributed by atoms with van der Waals surface area (Å²) in [6.07, 6.45) is 4.63. The minimum atomic E-state index is -3.92. The van der Waals surface area contributed by atoms with Crippen molar-refractivity contribution in [3.63, 3.8) is 0 Å². The summed E-state index contributed by atoms with van der Waals surface area (Å²) in [6.45, 7) is 3.79. The van der Waals surface area contributed by atoms with Crippen LogP contribution in [0.15, 0.2) is 46.1 Å². The molecule has 5 rings (SSSR count). The maximum absolute atomic E-state index is 14.1. The van der Waals surface area contributed by atoms with Crippen LogP contribution in [-0.2, 0) is 16.6 Å². The van der Waals surface area contributed by atoms with Crippen LogP contribution in [0.3, 0.4) is 0 Å². The number of pyridine rings is 1. The van der Waals surface area contributed by atoms with E-state index in [0.717, 1.165) is 60.3 Å². The number of benzene rings is 2. The van der Waals surface area contributed by atoms with Crippen molar-refractivity contribution in [1.29, 1.82) is 0 Å². The normalized spacial score (nSPS) is 15.6. The standard InChI is InChI=1S/C24H26N4O3S2/c1-15-8-10-17-13-18(24(29)25-21(17)12-15)14-28(19-6-4-3-5-7-19)33(30,31)23-16(2)9-11-20-22(23)27-32-26-20/h8-13,19H,3-7,14H2,1-2H3,(H,25,29). The number of nitrogens with one attached hydrogen (secondary N) is 1. The minimum Gasteiger partial charge on any atom is -0.322 e. The zero-order valence-corrected chi connectivity index (χ0v) is 20.3. The van der Waals surface area contributed by atoms with E-state index in [1.165, 1.54) is 4.31 Å². The Labute approximate surface area is 196 Å². The minimum absolute atomic E-state index is 0.0273. The van der Waals surface area contributed by atoms with Crippen molar-refractivity contribution >= 4 is 43.7 Å². The molecule has 0 saturated heterocycles. The summed E-state index contributed by atoms with van der Waals surface area (Å²) in [5.74, 6) is 0. The van der Waals surface area contributed by atoms with Gasteiger partial charge < -0.3 is 4.98 Å². The number of rotatable bonds is 5. The lowest BCUT2D eigenvalue weighted by atomic mass is 9.95. The second-order valence-corrected chi connectivity index (χ2v) is 11.3. The first-order valence-corrected chi connectivity index (χ1v) is 13.4. The van der Waals surface area contributed by atoms with Crippen molar-refractivity contribution < 1.29 is 8.42 Å². The van der Waals surface area contributed by atoms with E-state index in [9.17, 15) is 13.2 Å². The molecule has 0 spiro atoms. The second-order valence-electron chi connectivity index (χ2n) is 8.90. The molecule has 0 atom stereocenters. The number of nitrogens with zero attached hydrogens (tertiary/aromatic N) is 3. The highest BCUT2D eigenvalue weighted by atomic mass is 32.2. The number of sulfonamides is 1. The van der Waals surface area contributed by atoms with Crippen LogP contribution in [0, 0.1) is 13.8 Å². The summed E-state index contributed by atoms with van der Waals surface area (Å²) < 4.78 is 38.4. The molecule has 9 heteroatoms. The van der Waals surface area contributed by atoms with Gasteiger partial charge in [-0.15, -0.1) is 0 Å². The first kappa shape index (κ1) is 22.2. The van der Waals surface area contributed by atoms with Crippen molar-refractivity contribution in [3.8, 4) is 0 Å². The third kappa shape index (κ3) is 4.09. The lowest BCUT2D eigenvalue weighted by Gasteiger charge is -2.33. The Kier molecular flexibility index (Phi) is 5.80. The summed E-state index contributed by atoms with van der Waals surface area (Å²) in [6, 6.07) is 11.1. The van der Waals surface area contributed by atoms with E-state index < -0.39 is 10.0 Å². The number of hydrogen-bond acceptors (Lipinski definition) is 6. The Balaban J connectivity index is 1.64. The van der Waals surface area contributed by atoms with Crippen molar-refractivity contribution in [1.82, 2.24) is 18.0 Å². The van der Waals surface area contributed by atoms with Crippen LogP contribution in [-0.4, -0.2) is 32.5 Å². The molecule has 2 heterocycles. The Morgan fingerprint density at radius 1 is 1.06 bits per heavy atom. The number of H-pyrrole nitrogens is 1. The van der Waals surface area contributed by atoms with Crippen LogP contribution in [0.4, 0.5) is 0 Å². The molecule has 1 aliphatic carbocycles. The molecule has 0 radical (unpaired) electrons. The quantitative estimate of drug-likeness (QED) is 0.446. The third-order valence-electron chi connectivity index (χ3n) is 6.53. The summed E-state index contributed by atoms with van der Waals surface area (Å²) >= 11 is 1.01. The molecule has 172 valence electrons. The van der Waals surface area contributed by atoms with Crippen LogP contribution in [0.5, 0.6) is 0 Å². The van der Waals surface area contributed by atoms with Crippen molar-refractivity contribution in [3.05, 3.63) is 63.4 Å². The fraction of sp³-hybridized carbons (Fsp3) is 0.375. The SMILES string of the molecule is Cc1ccc2cc(CN(C3CCCCC3)S(=O)(=O)c3c(C)ccc4nsnc34)c(=O)[nH]c2c1. The van der Waals surface area contributed by atoms with Crippen LogP contribution >= 0.6 is 11.7 Å². The van der Waals surface area contributed by atoms with Crippen LogP contribution in [0.1, 0.15) is 48.8 Å². The van der Waals surface area contributed by atoms with E-state index in [4.69, 9.17) is 0 Å². The molecule has 7 nitrogen and oxygen atoms in total. The topological polar surface area (TPSA) is 96.0 Å².